The minimum absolute atomic E-state index is 0.127. The topological polar surface area (TPSA) is 94.9 Å². The lowest BCUT2D eigenvalue weighted by Gasteiger charge is -2.35. The molecule has 1 atom stereocenters. The lowest BCUT2D eigenvalue weighted by Crippen LogP contribution is -2.53. The van der Waals surface area contributed by atoms with Crippen LogP contribution in [0.25, 0.3) is 0 Å². The van der Waals surface area contributed by atoms with Crippen LogP contribution in [0.1, 0.15) is 18.2 Å². The fraction of sp³-hybridized carbons (Fsp3) is 0.240. The first-order valence-electron chi connectivity index (χ1n) is 10.8. The van der Waals surface area contributed by atoms with E-state index in [9.17, 15) is 14.4 Å². The highest BCUT2D eigenvalue weighted by atomic mass is 16.3. The number of carbonyl (C=O) groups excluding carboxylic acids is 3. The van der Waals surface area contributed by atoms with Crippen molar-refractivity contribution in [2.24, 2.45) is 0 Å². The Kier molecular flexibility index (Phi) is 6.73. The lowest BCUT2D eigenvalue weighted by molar-refractivity contribution is -0.123. The minimum atomic E-state index is -0.365. The number of carbonyl (C=O) groups is 3. The molecular weight excluding hydrogens is 420 g/mol. The third kappa shape index (κ3) is 5.41. The normalized spacial score (nSPS) is 13.9. The van der Waals surface area contributed by atoms with Crippen molar-refractivity contribution in [3.05, 3.63) is 84.3 Å². The molecule has 0 saturated heterocycles. The second kappa shape index (κ2) is 10.0. The van der Waals surface area contributed by atoms with Gasteiger partial charge >= 0.3 is 6.03 Å². The van der Waals surface area contributed by atoms with Gasteiger partial charge < -0.3 is 15.1 Å². The molecule has 1 unspecified atom stereocenters. The number of fused-ring (bicyclic) bond motifs is 1. The van der Waals surface area contributed by atoms with E-state index in [0.717, 1.165) is 11.3 Å². The first-order valence-corrected chi connectivity index (χ1v) is 10.8. The molecule has 2 heterocycles. The molecular formula is C25H26N4O4. The zero-order valence-electron chi connectivity index (χ0n) is 18.4. The molecule has 0 saturated carbocycles. The van der Waals surface area contributed by atoms with E-state index in [-0.39, 0.29) is 37.0 Å². The molecule has 2 N–H and O–H groups in total. The van der Waals surface area contributed by atoms with Crippen LogP contribution in [0.3, 0.4) is 0 Å². The van der Waals surface area contributed by atoms with Gasteiger partial charge in [-0.1, -0.05) is 42.5 Å². The molecule has 1 aliphatic heterocycles. The number of hydrogen-bond donors (Lipinski definition) is 2. The quantitative estimate of drug-likeness (QED) is 0.583. The summed E-state index contributed by atoms with van der Waals surface area (Å²) in [4.78, 5) is 41.3. The van der Waals surface area contributed by atoms with Gasteiger partial charge in [0.05, 0.1) is 17.6 Å². The van der Waals surface area contributed by atoms with Gasteiger partial charge in [-0.3, -0.25) is 19.4 Å². The van der Waals surface area contributed by atoms with E-state index in [1.807, 2.05) is 43.3 Å². The molecule has 2 aromatic carbocycles. The predicted molar refractivity (Wildman–Crippen MR) is 125 cm³/mol. The zero-order chi connectivity index (χ0) is 23.2. The molecule has 0 fully saturated rings. The Morgan fingerprint density at radius 2 is 1.73 bits per heavy atom. The smallest absolute Gasteiger partial charge is 0.322 e. The van der Waals surface area contributed by atoms with Gasteiger partial charge in [-0.15, -0.1) is 0 Å². The fourth-order valence-corrected chi connectivity index (χ4v) is 3.83. The maximum absolute atomic E-state index is 12.9. The Morgan fingerprint density at radius 3 is 2.45 bits per heavy atom. The molecule has 33 heavy (non-hydrogen) atoms. The molecule has 0 aliphatic carbocycles. The predicted octanol–water partition coefficient (Wildman–Crippen LogP) is 3.09. The van der Waals surface area contributed by atoms with Gasteiger partial charge in [-0.25, -0.2) is 4.79 Å². The van der Waals surface area contributed by atoms with Crippen molar-refractivity contribution in [2.45, 2.75) is 25.9 Å². The summed E-state index contributed by atoms with van der Waals surface area (Å²) in [5, 5.41) is 5.76. The van der Waals surface area contributed by atoms with Gasteiger partial charge in [0.2, 0.25) is 11.8 Å². The summed E-state index contributed by atoms with van der Waals surface area (Å²) in [5.41, 5.74) is 2.07. The van der Waals surface area contributed by atoms with E-state index in [1.54, 1.807) is 36.6 Å². The van der Waals surface area contributed by atoms with Crippen LogP contribution in [0.2, 0.25) is 0 Å². The van der Waals surface area contributed by atoms with Crippen LogP contribution >= 0.6 is 0 Å². The number of anilines is 2. The van der Waals surface area contributed by atoms with Gasteiger partial charge in [0.1, 0.15) is 18.8 Å². The summed E-state index contributed by atoms with van der Waals surface area (Å²) >= 11 is 0. The highest BCUT2D eigenvalue weighted by Crippen LogP contribution is 2.33. The van der Waals surface area contributed by atoms with E-state index in [1.165, 1.54) is 9.80 Å². The van der Waals surface area contributed by atoms with E-state index >= 15 is 0 Å². The third-order valence-electron chi connectivity index (χ3n) is 5.39. The maximum atomic E-state index is 12.9. The fourth-order valence-electron chi connectivity index (χ4n) is 3.83. The number of benzene rings is 2. The second-order valence-corrected chi connectivity index (χ2v) is 7.95. The third-order valence-corrected chi connectivity index (χ3v) is 5.39. The second-order valence-electron chi connectivity index (χ2n) is 7.95. The molecule has 4 amide bonds. The number of para-hydroxylation sites is 2. The van der Waals surface area contributed by atoms with Crippen LogP contribution in [0, 0.1) is 0 Å². The van der Waals surface area contributed by atoms with E-state index < -0.39 is 0 Å². The van der Waals surface area contributed by atoms with Crippen LogP contribution in [0.15, 0.2) is 77.4 Å². The molecule has 3 aromatic rings. The molecule has 0 spiro atoms. The van der Waals surface area contributed by atoms with Crippen LogP contribution in [0.5, 0.6) is 0 Å². The van der Waals surface area contributed by atoms with Gasteiger partial charge in [0, 0.05) is 19.0 Å². The number of hydrogen-bond acceptors (Lipinski definition) is 4. The molecule has 0 radical (unpaired) electrons. The Hall–Kier alpha value is -4.07. The average molecular weight is 447 g/mol. The van der Waals surface area contributed by atoms with Gasteiger partial charge in [-0.2, -0.15) is 0 Å². The molecule has 8 nitrogen and oxygen atoms in total. The van der Waals surface area contributed by atoms with Crippen LogP contribution < -0.4 is 20.4 Å². The number of furan rings is 1. The molecule has 0 bridgehead atoms. The average Bonchev–Trinajstić information content (AvgIpc) is 3.32. The minimum Gasteiger partial charge on any atom is -0.469 e. The van der Waals surface area contributed by atoms with Gasteiger partial charge in [-0.05, 0) is 36.8 Å². The van der Waals surface area contributed by atoms with Crippen molar-refractivity contribution < 1.29 is 18.8 Å². The number of urea groups is 1. The highest BCUT2D eigenvalue weighted by Gasteiger charge is 2.33. The SMILES string of the molecule is CC(Cc1ccco1)NC(=O)CN1C(=O)CN(C(=O)NCc2ccccc2)c2ccccc21. The van der Waals surface area contributed by atoms with E-state index in [2.05, 4.69) is 10.6 Å². The summed E-state index contributed by atoms with van der Waals surface area (Å²) in [6.07, 6.45) is 2.15. The molecule has 1 aliphatic rings. The first-order chi connectivity index (χ1) is 16.0. The highest BCUT2D eigenvalue weighted by molar-refractivity contribution is 6.12. The summed E-state index contributed by atoms with van der Waals surface area (Å²) in [7, 11) is 0. The molecule has 1 aromatic heterocycles. The number of amides is 4. The largest absolute Gasteiger partial charge is 0.469 e. The van der Waals surface area contributed by atoms with Crippen molar-refractivity contribution in [3.63, 3.8) is 0 Å². The van der Waals surface area contributed by atoms with Crippen molar-refractivity contribution in [3.8, 4) is 0 Å². The van der Waals surface area contributed by atoms with Crippen molar-refractivity contribution in [1.82, 2.24) is 10.6 Å². The van der Waals surface area contributed by atoms with Crippen LogP contribution in [0.4, 0.5) is 16.2 Å². The van der Waals surface area contributed by atoms with Crippen molar-refractivity contribution in [2.75, 3.05) is 22.9 Å². The van der Waals surface area contributed by atoms with Crippen molar-refractivity contribution >= 4 is 29.2 Å². The van der Waals surface area contributed by atoms with Crippen LogP contribution in [-0.2, 0) is 22.6 Å². The zero-order valence-corrected chi connectivity index (χ0v) is 18.4. The lowest BCUT2D eigenvalue weighted by atomic mass is 10.1. The number of rotatable bonds is 7. The standard InChI is InChI=1S/C25H26N4O4/c1-18(14-20-10-7-13-33-20)27-23(30)16-28-21-11-5-6-12-22(21)29(17-24(28)31)25(32)26-15-19-8-3-2-4-9-19/h2-13,18H,14-17H2,1H3,(H,26,32)(H,27,30). The Labute approximate surface area is 192 Å². The summed E-state index contributed by atoms with van der Waals surface area (Å²) in [6, 6.07) is 19.8. The molecule has 4 rings (SSSR count). The van der Waals surface area contributed by atoms with E-state index in [0.29, 0.717) is 24.3 Å². The summed E-state index contributed by atoms with van der Waals surface area (Å²) < 4.78 is 5.32. The summed E-state index contributed by atoms with van der Waals surface area (Å²) in [6.45, 7) is 1.96. The Morgan fingerprint density at radius 1 is 1.00 bits per heavy atom. The Balaban J connectivity index is 1.42. The maximum Gasteiger partial charge on any atom is 0.322 e. The molecule has 8 heteroatoms. The number of nitrogens with zero attached hydrogens (tertiary/aromatic N) is 2. The van der Waals surface area contributed by atoms with Gasteiger partial charge in [0.15, 0.2) is 0 Å². The number of nitrogens with one attached hydrogen (secondary N) is 2. The van der Waals surface area contributed by atoms with Crippen molar-refractivity contribution in [1.29, 1.82) is 0 Å². The Bertz CT molecular complexity index is 1110. The first kappa shape index (κ1) is 22.1. The summed E-state index contributed by atoms with van der Waals surface area (Å²) in [5.74, 6) is 0.177. The van der Waals surface area contributed by atoms with E-state index in [4.69, 9.17) is 4.42 Å². The monoisotopic (exact) mass is 446 g/mol. The van der Waals surface area contributed by atoms with Gasteiger partial charge in [0.25, 0.3) is 0 Å². The molecule has 170 valence electrons. The van der Waals surface area contributed by atoms with Crippen LogP contribution in [-0.4, -0.2) is 37.0 Å².